The molecule has 3 aromatic rings. The number of nitrogens with one attached hydrogen (secondary N) is 1. The number of nitrogens with zero attached hydrogens (tertiary/aromatic N) is 1. The number of benzene rings is 1. The van der Waals surface area contributed by atoms with Crippen molar-refractivity contribution in [1.29, 1.82) is 0 Å². The van der Waals surface area contributed by atoms with Gasteiger partial charge in [0.1, 0.15) is 11.6 Å². The summed E-state index contributed by atoms with van der Waals surface area (Å²) < 4.78 is 34.7. The zero-order valence-electron chi connectivity index (χ0n) is 19.0. The van der Waals surface area contributed by atoms with Gasteiger partial charge in [-0.1, -0.05) is 17.7 Å². The fraction of sp³-hybridized carbons (Fsp3) is 0.417. The van der Waals surface area contributed by atoms with Gasteiger partial charge in [0.05, 0.1) is 20.5 Å². The summed E-state index contributed by atoms with van der Waals surface area (Å²) in [7, 11) is -3.40. The Morgan fingerprint density at radius 2 is 2.06 bits per heavy atom. The third-order valence-electron chi connectivity index (χ3n) is 5.95. The highest BCUT2D eigenvalue weighted by atomic mass is 35.5. The molecule has 7 nitrogen and oxygen atoms in total. The number of aromatic nitrogens is 2. The molecule has 0 aliphatic carbocycles. The monoisotopic (exact) mass is 522 g/mol. The Morgan fingerprint density at radius 3 is 2.74 bits per heavy atom. The van der Waals surface area contributed by atoms with Gasteiger partial charge in [-0.05, 0) is 55.0 Å². The average molecular weight is 523 g/mol. The smallest absolute Gasteiger partial charge is 0.302 e. The summed E-state index contributed by atoms with van der Waals surface area (Å²) in [4.78, 5) is 20.1. The molecule has 0 spiro atoms. The SMILES string of the molecule is CC(=O)OCc1cnc(-c2ccc(C(CC3CCOCC3)c3ccc(S(C)(=O)=O)c(Cl)c3)[nH]2)s1. The van der Waals surface area contributed by atoms with Gasteiger partial charge in [0.2, 0.25) is 0 Å². The maximum Gasteiger partial charge on any atom is 0.302 e. The molecule has 3 heterocycles. The molecule has 1 saturated heterocycles. The number of carbonyl (C=O) groups excluding carboxylic acids is 1. The lowest BCUT2D eigenvalue weighted by molar-refractivity contribution is -0.142. The first-order chi connectivity index (χ1) is 16.2. The van der Waals surface area contributed by atoms with Gasteiger partial charge in [0.15, 0.2) is 9.84 Å². The van der Waals surface area contributed by atoms with E-state index in [2.05, 4.69) is 9.97 Å². The van der Waals surface area contributed by atoms with E-state index < -0.39 is 9.84 Å². The van der Waals surface area contributed by atoms with Crippen LogP contribution in [0.4, 0.5) is 0 Å². The Kier molecular flexibility index (Phi) is 7.77. The lowest BCUT2D eigenvalue weighted by Crippen LogP contribution is -2.19. The van der Waals surface area contributed by atoms with Crippen molar-refractivity contribution in [2.45, 2.75) is 43.6 Å². The van der Waals surface area contributed by atoms with Crippen LogP contribution in [0.1, 0.15) is 48.2 Å². The fourth-order valence-electron chi connectivity index (χ4n) is 4.20. The maximum absolute atomic E-state index is 12.0. The van der Waals surface area contributed by atoms with E-state index in [1.807, 2.05) is 18.2 Å². The van der Waals surface area contributed by atoms with Crippen LogP contribution in [0.3, 0.4) is 0 Å². The van der Waals surface area contributed by atoms with Gasteiger partial charge >= 0.3 is 5.97 Å². The Bertz CT molecular complexity index is 1260. The first kappa shape index (κ1) is 24.9. The molecule has 1 aliphatic heterocycles. The van der Waals surface area contributed by atoms with Crippen LogP contribution in [0.2, 0.25) is 5.02 Å². The molecule has 1 aliphatic rings. The van der Waals surface area contributed by atoms with Crippen molar-refractivity contribution in [3.63, 3.8) is 0 Å². The average Bonchev–Trinajstić information content (AvgIpc) is 3.45. The molecule has 10 heteroatoms. The predicted octanol–water partition coefficient (Wildman–Crippen LogP) is 5.21. The molecule has 34 heavy (non-hydrogen) atoms. The van der Waals surface area contributed by atoms with E-state index in [0.717, 1.165) is 65.6 Å². The molecular formula is C24H27ClN2O5S2. The van der Waals surface area contributed by atoms with E-state index in [1.54, 1.807) is 18.3 Å². The minimum Gasteiger partial charge on any atom is -0.460 e. The van der Waals surface area contributed by atoms with Crippen LogP contribution in [-0.2, 0) is 30.7 Å². The number of halogens is 1. The summed E-state index contributed by atoms with van der Waals surface area (Å²) in [5.74, 6) is 0.186. The minimum absolute atomic E-state index is 0.0171. The van der Waals surface area contributed by atoms with Gasteiger partial charge in [-0.15, -0.1) is 11.3 Å². The van der Waals surface area contributed by atoms with Crippen LogP contribution < -0.4 is 0 Å². The molecule has 4 rings (SSSR count). The fourth-order valence-corrected chi connectivity index (χ4v) is 6.35. The van der Waals surface area contributed by atoms with Gasteiger partial charge in [-0.2, -0.15) is 0 Å². The standard InChI is InChI=1S/C24H27ClN2O5S2/c1-15(28)32-14-18-13-26-24(33-18)22-5-4-21(27-22)19(11-16-7-9-31-10-8-16)17-3-6-23(20(25)12-17)34(2,29)30/h3-6,12-13,16,19,27H,7-11,14H2,1-2H3. The Morgan fingerprint density at radius 1 is 1.29 bits per heavy atom. The summed E-state index contributed by atoms with van der Waals surface area (Å²) in [5.41, 5.74) is 2.86. The summed E-state index contributed by atoms with van der Waals surface area (Å²) in [5, 5.41) is 1.04. The Hall–Kier alpha value is -2.20. The highest BCUT2D eigenvalue weighted by molar-refractivity contribution is 7.90. The van der Waals surface area contributed by atoms with Gasteiger partial charge < -0.3 is 14.5 Å². The second-order valence-electron chi connectivity index (χ2n) is 8.55. The number of sulfone groups is 1. The lowest BCUT2D eigenvalue weighted by Gasteiger charge is -2.27. The number of rotatable bonds is 8. The van der Waals surface area contributed by atoms with Crippen molar-refractivity contribution in [3.05, 3.63) is 57.7 Å². The van der Waals surface area contributed by atoms with Crippen LogP contribution in [0, 0.1) is 5.92 Å². The molecule has 1 unspecified atom stereocenters. The molecular weight excluding hydrogens is 496 g/mol. The number of aromatic amines is 1. The summed E-state index contributed by atoms with van der Waals surface area (Å²) in [6.45, 7) is 3.10. The van der Waals surface area contributed by atoms with E-state index in [4.69, 9.17) is 21.1 Å². The molecule has 0 radical (unpaired) electrons. The zero-order chi connectivity index (χ0) is 24.3. The number of esters is 1. The normalized spacial score (nSPS) is 15.9. The third kappa shape index (κ3) is 6.07. The largest absolute Gasteiger partial charge is 0.460 e. The van der Waals surface area contributed by atoms with Gasteiger partial charge in [-0.25, -0.2) is 13.4 Å². The number of ether oxygens (including phenoxy) is 2. The van der Waals surface area contributed by atoms with Gasteiger partial charge in [0.25, 0.3) is 0 Å². The van der Waals surface area contributed by atoms with Gasteiger partial charge in [0, 0.05) is 44.2 Å². The predicted molar refractivity (Wildman–Crippen MR) is 132 cm³/mol. The van der Waals surface area contributed by atoms with E-state index in [0.29, 0.717) is 5.92 Å². The topological polar surface area (TPSA) is 98.3 Å². The van der Waals surface area contributed by atoms with E-state index >= 15 is 0 Å². The number of H-pyrrole nitrogens is 1. The summed E-state index contributed by atoms with van der Waals surface area (Å²) >= 11 is 7.86. The van der Waals surface area contributed by atoms with Crippen molar-refractivity contribution >= 4 is 38.7 Å². The van der Waals surface area contributed by atoms with Crippen LogP contribution in [0.25, 0.3) is 10.7 Å². The Balaban J connectivity index is 1.63. The lowest BCUT2D eigenvalue weighted by atomic mass is 9.83. The van der Waals surface area contributed by atoms with Crippen LogP contribution in [0.15, 0.2) is 41.4 Å². The summed E-state index contributed by atoms with van der Waals surface area (Å²) in [6.07, 6.45) is 5.75. The van der Waals surface area contributed by atoms with E-state index in [9.17, 15) is 13.2 Å². The van der Waals surface area contributed by atoms with Crippen molar-refractivity contribution < 1.29 is 22.7 Å². The molecule has 1 fully saturated rings. The molecule has 182 valence electrons. The number of hydrogen-bond acceptors (Lipinski definition) is 7. The summed E-state index contributed by atoms with van der Waals surface area (Å²) in [6, 6.07) is 9.25. The van der Waals surface area contributed by atoms with Crippen molar-refractivity contribution in [3.8, 4) is 10.7 Å². The molecule has 1 aromatic carbocycles. The van der Waals surface area contributed by atoms with Crippen LogP contribution in [-0.4, -0.2) is 43.8 Å². The number of carbonyl (C=O) groups is 1. The second-order valence-corrected chi connectivity index (χ2v) is 12.1. The van der Waals surface area contributed by atoms with E-state index in [-0.39, 0.29) is 28.4 Å². The van der Waals surface area contributed by atoms with E-state index in [1.165, 1.54) is 18.3 Å². The number of hydrogen-bond donors (Lipinski definition) is 1. The van der Waals surface area contributed by atoms with Crippen molar-refractivity contribution in [2.24, 2.45) is 5.92 Å². The third-order valence-corrected chi connectivity index (χ3v) is 8.54. The quantitative estimate of drug-likeness (QED) is 0.408. The Labute approximate surface area is 208 Å². The zero-order valence-corrected chi connectivity index (χ0v) is 21.4. The number of thiazole rings is 1. The molecule has 0 bridgehead atoms. The first-order valence-corrected chi connectivity index (χ1v) is 14.1. The molecule has 2 aromatic heterocycles. The second kappa shape index (κ2) is 10.6. The maximum atomic E-state index is 12.0. The molecule has 1 atom stereocenters. The van der Waals surface area contributed by atoms with Crippen LogP contribution >= 0.6 is 22.9 Å². The van der Waals surface area contributed by atoms with Crippen molar-refractivity contribution in [2.75, 3.05) is 19.5 Å². The highest BCUT2D eigenvalue weighted by Gasteiger charge is 2.25. The highest BCUT2D eigenvalue weighted by Crippen LogP contribution is 2.37. The van der Waals surface area contributed by atoms with Gasteiger partial charge in [-0.3, -0.25) is 4.79 Å². The molecule has 0 saturated carbocycles. The molecule has 0 amide bonds. The van der Waals surface area contributed by atoms with Crippen LogP contribution in [0.5, 0.6) is 0 Å². The minimum atomic E-state index is -3.40. The first-order valence-electron chi connectivity index (χ1n) is 11.1. The molecule has 1 N–H and O–H groups in total. The van der Waals surface area contributed by atoms with Crippen molar-refractivity contribution in [1.82, 2.24) is 9.97 Å².